The summed E-state index contributed by atoms with van der Waals surface area (Å²) in [6, 6.07) is 4.87. The lowest BCUT2D eigenvalue weighted by atomic mass is 10.2. The number of halogens is 2. The Morgan fingerprint density at radius 1 is 1.29 bits per heavy atom. The van der Waals surface area contributed by atoms with E-state index in [0.717, 1.165) is 0 Å². The fourth-order valence-electron chi connectivity index (χ4n) is 1.90. The molecule has 2 rings (SSSR count). The lowest BCUT2D eigenvalue weighted by Crippen LogP contribution is -2.20. The van der Waals surface area contributed by atoms with Gasteiger partial charge in [0.15, 0.2) is 5.82 Å². The topological polar surface area (TPSA) is 90.9 Å². The second kappa shape index (κ2) is 5.92. The number of benzene rings is 1. The molecule has 2 aromatic rings. The van der Waals surface area contributed by atoms with E-state index < -0.39 is 10.0 Å². The van der Waals surface area contributed by atoms with Crippen molar-refractivity contribution in [1.29, 1.82) is 0 Å². The highest BCUT2D eigenvalue weighted by Gasteiger charge is 2.23. The molecule has 6 nitrogen and oxygen atoms in total. The van der Waals surface area contributed by atoms with Gasteiger partial charge in [0.25, 0.3) is 15.2 Å². The van der Waals surface area contributed by atoms with Crippen LogP contribution in [0.2, 0.25) is 10.0 Å². The van der Waals surface area contributed by atoms with Crippen LogP contribution in [-0.2, 0) is 16.6 Å². The van der Waals surface area contributed by atoms with Gasteiger partial charge in [-0.3, -0.25) is 4.57 Å². The third-order valence-corrected chi connectivity index (χ3v) is 4.05. The van der Waals surface area contributed by atoms with Gasteiger partial charge in [-0.2, -0.15) is 0 Å². The molecule has 0 amide bonds. The highest BCUT2D eigenvalue weighted by molar-refractivity contribution is 7.89. The Hall–Kier alpha value is -1.15. The van der Waals surface area contributed by atoms with Crippen molar-refractivity contribution in [1.82, 2.24) is 14.8 Å². The van der Waals surface area contributed by atoms with Crippen LogP contribution in [0.5, 0.6) is 0 Å². The second-order valence-corrected chi connectivity index (χ2v) is 7.28. The Morgan fingerprint density at radius 2 is 1.95 bits per heavy atom. The van der Waals surface area contributed by atoms with Crippen LogP contribution in [0.25, 0.3) is 11.4 Å². The summed E-state index contributed by atoms with van der Waals surface area (Å²) in [7, 11) is -3.97. The number of sulfonamides is 1. The summed E-state index contributed by atoms with van der Waals surface area (Å²) < 4.78 is 24.7. The van der Waals surface area contributed by atoms with Gasteiger partial charge in [0.1, 0.15) is 0 Å². The molecule has 0 aliphatic carbocycles. The summed E-state index contributed by atoms with van der Waals surface area (Å²) in [6.45, 7) is 4.29. The maximum atomic E-state index is 11.6. The van der Waals surface area contributed by atoms with Crippen molar-refractivity contribution in [2.24, 2.45) is 11.1 Å². The van der Waals surface area contributed by atoms with Crippen molar-refractivity contribution < 1.29 is 8.42 Å². The molecular weight excluding hydrogens is 335 g/mol. The smallest absolute Gasteiger partial charge is 0.273 e. The van der Waals surface area contributed by atoms with Crippen molar-refractivity contribution in [3.63, 3.8) is 0 Å². The summed E-state index contributed by atoms with van der Waals surface area (Å²) in [4.78, 5) is 0. The molecular formula is C12H14Cl2N4O2S. The van der Waals surface area contributed by atoms with E-state index in [-0.39, 0.29) is 11.1 Å². The first-order valence-electron chi connectivity index (χ1n) is 6.11. The molecule has 0 atom stereocenters. The zero-order valence-electron chi connectivity index (χ0n) is 11.4. The van der Waals surface area contributed by atoms with E-state index >= 15 is 0 Å². The molecule has 0 bridgehead atoms. The van der Waals surface area contributed by atoms with Crippen molar-refractivity contribution in [2.45, 2.75) is 25.5 Å². The molecule has 0 saturated heterocycles. The van der Waals surface area contributed by atoms with E-state index in [1.165, 1.54) is 4.57 Å². The minimum Gasteiger partial charge on any atom is -0.296 e. The van der Waals surface area contributed by atoms with Crippen LogP contribution >= 0.6 is 23.2 Å². The fraction of sp³-hybridized carbons (Fsp3) is 0.333. The van der Waals surface area contributed by atoms with Gasteiger partial charge >= 0.3 is 0 Å². The molecule has 114 valence electrons. The lowest BCUT2D eigenvalue weighted by Gasteiger charge is -2.12. The minimum absolute atomic E-state index is 0.173. The van der Waals surface area contributed by atoms with E-state index in [4.69, 9.17) is 28.3 Å². The van der Waals surface area contributed by atoms with Gasteiger partial charge < -0.3 is 0 Å². The zero-order valence-corrected chi connectivity index (χ0v) is 13.7. The summed E-state index contributed by atoms with van der Waals surface area (Å²) in [5.74, 6) is 0.515. The van der Waals surface area contributed by atoms with Gasteiger partial charge in [0.2, 0.25) is 0 Å². The third-order valence-electron chi connectivity index (χ3n) is 2.69. The molecule has 0 spiro atoms. The third kappa shape index (κ3) is 3.55. The highest BCUT2D eigenvalue weighted by atomic mass is 35.5. The Balaban J connectivity index is 2.66. The lowest BCUT2D eigenvalue weighted by molar-refractivity contribution is 0.486. The molecule has 1 heterocycles. The largest absolute Gasteiger partial charge is 0.296 e. The van der Waals surface area contributed by atoms with E-state index in [2.05, 4.69) is 10.2 Å². The molecule has 0 aliphatic rings. The average Bonchev–Trinajstić information content (AvgIpc) is 2.71. The zero-order chi connectivity index (χ0) is 15.8. The highest BCUT2D eigenvalue weighted by Crippen LogP contribution is 2.30. The van der Waals surface area contributed by atoms with Gasteiger partial charge in [-0.1, -0.05) is 37.0 Å². The molecule has 0 aliphatic heterocycles. The summed E-state index contributed by atoms with van der Waals surface area (Å²) >= 11 is 12.0. The Morgan fingerprint density at radius 3 is 2.48 bits per heavy atom. The fourth-order valence-corrected chi connectivity index (χ4v) is 3.01. The molecule has 1 aromatic heterocycles. The number of hydrogen-bond acceptors (Lipinski definition) is 4. The van der Waals surface area contributed by atoms with E-state index in [0.29, 0.717) is 28.0 Å². The molecule has 2 N–H and O–H groups in total. The van der Waals surface area contributed by atoms with Crippen molar-refractivity contribution in [3.05, 3.63) is 28.2 Å². The molecule has 0 radical (unpaired) electrons. The number of rotatable bonds is 4. The summed E-state index contributed by atoms with van der Waals surface area (Å²) in [6.07, 6.45) is 0. The maximum absolute atomic E-state index is 11.6. The van der Waals surface area contributed by atoms with E-state index in [1.807, 2.05) is 13.8 Å². The van der Waals surface area contributed by atoms with Gasteiger partial charge in [0.05, 0.1) is 5.02 Å². The van der Waals surface area contributed by atoms with Crippen LogP contribution in [0.1, 0.15) is 13.8 Å². The van der Waals surface area contributed by atoms with Gasteiger partial charge in [-0.25, -0.2) is 13.6 Å². The van der Waals surface area contributed by atoms with Crippen LogP contribution < -0.4 is 5.14 Å². The molecule has 1 aromatic carbocycles. The van der Waals surface area contributed by atoms with Crippen LogP contribution in [-0.4, -0.2) is 23.2 Å². The van der Waals surface area contributed by atoms with E-state index in [1.54, 1.807) is 18.2 Å². The van der Waals surface area contributed by atoms with Gasteiger partial charge in [-0.05, 0) is 24.1 Å². The molecule has 0 saturated carbocycles. The van der Waals surface area contributed by atoms with Crippen LogP contribution in [0, 0.1) is 5.92 Å². The monoisotopic (exact) mass is 348 g/mol. The van der Waals surface area contributed by atoms with Crippen LogP contribution in [0.15, 0.2) is 23.4 Å². The van der Waals surface area contributed by atoms with Crippen molar-refractivity contribution in [3.8, 4) is 11.4 Å². The van der Waals surface area contributed by atoms with Gasteiger partial charge in [0, 0.05) is 17.1 Å². The first-order valence-corrected chi connectivity index (χ1v) is 8.42. The predicted octanol–water partition coefficient (Wildman–Crippen LogP) is 2.56. The summed E-state index contributed by atoms with van der Waals surface area (Å²) in [5.41, 5.74) is 0.545. The second-order valence-electron chi connectivity index (χ2n) is 4.98. The predicted molar refractivity (Wildman–Crippen MR) is 81.7 cm³/mol. The minimum atomic E-state index is -3.97. The number of hydrogen-bond donors (Lipinski definition) is 1. The van der Waals surface area contributed by atoms with E-state index in [9.17, 15) is 8.42 Å². The first kappa shape index (κ1) is 16.2. The number of primary sulfonamides is 1. The molecule has 0 unspecified atom stereocenters. The molecule has 9 heteroatoms. The van der Waals surface area contributed by atoms with Gasteiger partial charge in [-0.15, -0.1) is 10.2 Å². The van der Waals surface area contributed by atoms with Crippen LogP contribution in [0.4, 0.5) is 0 Å². The quantitative estimate of drug-likeness (QED) is 0.918. The summed E-state index contributed by atoms with van der Waals surface area (Å²) in [5, 5.41) is 13.4. The van der Waals surface area contributed by atoms with Crippen molar-refractivity contribution in [2.75, 3.05) is 0 Å². The number of nitrogens with zero attached hydrogens (tertiary/aromatic N) is 3. The standard InChI is InChI=1S/C12H14Cl2N4O2S/c1-7(2)6-18-11(16-17-12(18)21(15,19)20)9-4-3-8(13)5-10(9)14/h3-5,7H,6H2,1-2H3,(H2,15,19,20). The molecule has 0 fully saturated rings. The van der Waals surface area contributed by atoms with Crippen LogP contribution in [0.3, 0.4) is 0 Å². The number of nitrogens with two attached hydrogens (primary N) is 1. The Bertz CT molecular complexity index is 772. The number of aromatic nitrogens is 3. The average molecular weight is 349 g/mol. The Labute approximate surface area is 132 Å². The van der Waals surface area contributed by atoms with Crippen molar-refractivity contribution >= 4 is 33.2 Å². The Kier molecular flexibility index (Phi) is 4.57. The molecule has 21 heavy (non-hydrogen) atoms. The SMILES string of the molecule is CC(C)Cn1c(-c2ccc(Cl)cc2Cl)nnc1S(N)(=O)=O. The maximum Gasteiger partial charge on any atom is 0.273 e. The first-order chi connectivity index (χ1) is 9.70. The normalized spacial score (nSPS) is 12.1.